The molecule has 0 amide bonds. The Morgan fingerprint density at radius 1 is 0.524 bits per heavy atom. The molecule has 42 heavy (non-hydrogen) atoms. The summed E-state index contributed by atoms with van der Waals surface area (Å²) < 4.78 is 2.38. The molecule has 0 saturated carbocycles. The second kappa shape index (κ2) is 9.22. The standard InChI is InChI=1S/C40H32N2/c1-27-13-7-11-19-37(27)41(30-21-23-32-31-16-8-10-18-35(31)40(2,3)36(32)26-30)29-22-24-39-34(25-29)33-17-9-12-20-38(33)42(39)28-14-5-4-6-15-28/h4-26H,1-3H3. The van der Waals surface area contributed by atoms with E-state index in [9.17, 15) is 0 Å². The summed E-state index contributed by atoms with van der Waals surface area (Å²) in [6, 6.07) is 50.9. The molecule has 6 aromatic carbocycles. The van der Waals surface area contributed by atoms with Crippen molar-refractivity contribution in [3.05, 3.63) is 156 Å². The van der Waals surface area contributed by atoms with Gasteiger partial charge in [-0.15, -0.1) is 0 Å². The van der Waals surface area contributed by atoms with Gasteiger partial charge < -0.3 is 9.47 Å². The van der Waals surface area contributed by atoms with Gasteiger partial charge >= 0.3 is 0 Å². The molecular weight excluding hydrogens is 508 g/mol. The van der Waals surface area contributed by atoms with Crippen LogP contribution >= 0.6 is 0 Å². The minimum absolute atomic E-state index is 0.0631. The Hall–Kier alpha value is -5.08. The van der Waals surface area contributed by atoms with Gasteiger partial charge in [-0.05, 0) is 89.3 Å². The smallest absolute Gasteiger partial charge is 0.0542 e. The van der Waals surface area contributed by atoms with Crippen LogP contribution in [0.2, 0.25) is 0 Å². The zero-order chi connectivity index (χ0) is 28.4. The van der Waals surface area contributed by atoms with Gasteiger partial charge in [0.2, 0.25) is 0 Å². The predicted octanol–water partition coefficient (Wildman–Crippen LogP) is 10.9. The van der Waals surface area contributed by atoms with Crippen molar-refractivity contribution in [2.24, 2.45) is 0 Å². The molecule has 1 heterocycles. The molecule has 8 rings (SSSR count). The van der Waals surface area contributed by atoms with E-state index in [1.54, 1.807) is 0 Å². The summed E-state index contributed by atoms with van der Waals surface area (Å²) in [5.74, 6) is 0. The Balaban J connectivity index is 1.37. The van der Waals surface area contributed by atoms with E-state index >= 15 is 0 Å². The van der Waals surface area contributed by atoms with E-state index in [4.69, 9.17) is 0 Å². The van der Waals surface area contributed by atoms with Gasteiger partial charge in [0, 0.05) is 38.9 Å². The number of anilines is 3. The fraction of sp³-hybridized carbons (Fsp3) is 0.100. The Bertz CT molecular complexity index is 2130. The molecule has 1 aliphatic carbocycles. The summed E-state index contributed by atoms with van der Waals surface area (Å²) in [7, 11) is 0. The van der Waals surface area contributed by atoms with Gasteiger partial charge in [0.05, 0.1) is 11.0 Å². The topological polar surface area (TPSA) is 8.17 Å². The number of rotatable bonds is 4. The average Bonchev–Trinajstić information content (AvgIpc) is 3.47. The highest BCUT2D eigenvalue weighted by Crippen LogP contribution is 2.51. The second-order valence-electron chi connectivity index (χ2n) is 11.9. The Kier molecular flexibility index (Phi) is 5.42. The normalized spacial score (nSPS) is 13.3. The van der Waals surface area contributed by atoms with E-state index < -0.39 is 0 Å². The Morgan fingerprint density at radius 2 is 1.17 bits per heavy atom. The number of hydrogen-bond acceptors (Lipinski definition) is 1. The maximum atomic E-state index is 2.43. The minimum atomic E-state index is -0.0631. The first-order chi connectivity index (χ1) is 20.5. The van der Waals surface area contributed by atoms with Crippen molar-refractivity contribution in [2.45, 2.75) is 26.2 Å². The third kappa shape index (κ3) is 3.58. The van der Waals surface area contributed by atoms with E-state index in [2.05, 4.69) is 170 Å². The summed E-state index contributed by atoms with van der Waals surface area (Å²) in [6.45, 7) is 6.91. The molecule has 0 radical (unpaired) electrons. The fourth-order valence-electron chi connectivity index (χ4n) is 7.03. The van der Waals surface area contributed by atoms with Gasteiger partial charge in [0.15, 0.2) is 0 Å². The summed E-state index contributed by atoms with van der Waals surface area (Å²) in [5, 5.41) is 2.51. The number of hydrogen-bond donors (Lipinski definition) is 0. The number of aromatic nitrogens is 1. The number of benzene rings is 6. The Morgan fingerprint density at radius 3 is 2.02 bits per heavy atom. The summed E-state index contributed by atoms with van der Waals surface area (Å²) in [4.78, 5) is 2.43. The molecule has 202 valence electrons. The third-order valence-corrected chi connectivity index (χ3v) is 9.11. The molecule has 1 aromatic heterocycles. The molecule has 0 atom stereocenters. The lowest BCUT2D eigenvalue weighted by Crippen LogP contribution is -2.16. The van der Waals surface area contributed by atoms with Crippen LogP contribution in [0.1, 0.15) is 30.5 Å². The second-order valence-corrected chi connectivity index (χ2v) is 11.9. The van der Waals surface area contributed by atoms with Crippen LogP contribution in [0.4, 0.5) is 17.1 Å². The molecule has 0 unspecified atom stereocenters. The van der Waals surface area contributed by atoms with Crippen LogP contribution in [0.3, 0.4) is 0 Å². The van der Waals surface area contributed by atoms with E-state index in [0.717, 1.165) is 5.69 Å². The fourth-order valence-corrected chi connectivity index (χ4v) is 7.03. The molecule has 7 aromatic rings. The van der Waals surface area contributed by atoms with Crippen molar-refractivity contribution < 1.29 is 0 Å². The molecule has 2 nitrogen and oxygen atoms in total. The number of nitrogens with zero attached hydrogens (tertiary/aromatic N) is 2. The molecule has 0 N–H and O–H groups in total. The number of para-hydroxylation sites is 3. The van der Waals surface area contributed by atoms with Crippen LogP contribution in [-0.2, 0) is 5.41 Å². The monoisotopic (exact) mass is 540 g/mol. The largest absolute Gasteiger partial charge is 0.310 e. The highest BCUT2D eigenvalue weighted by atomic mass is 15.1. The summed E-state index contributed by atoms with van der Waals surface area (Å²) >= 11 is 0. The lowest BCUT2D eigenvalue weighted by Gasteiger charge is -2.29. The maximum absolute atomic E-state index is 2.43. The van der Waals surface area contributed by atoms with Gasteiger partial charge in [-0.3, -0.25) is 0 Å². The van der Waals surface area contributed by atoms with Crippen molar-refractivity contribution in [2.75, 3.05) is 4.90 Å². The van der Waals surface area contributed by atoms with Crippen LogP contribution in [0.25, 0.3) is 38.6 Å². The zero-order valence-corrected chi connectivity index (χ0v) is 24.2. The van der Waals surface area contributed by atoms with E-state index in [0.29, 0.717) is 0 Å². The molecular formula is C40H32N2. The van der Waals surface area contributed by atoms with E-state index in [-0.39, 0.29) is 5.41 Å². The molecule has 0 saturated heterocycles. The average molecular weight is 541 g/mol. The van der Waals surface area contributed by atoms with Crippen molar-refractivity contribution in [3.8, 4) is 16.8 Å². The van der Waals surface area contributed by atoms with E-state index in [1.165, 1.54) is 66.7 Å². The maximum Gasteiger partial charge on any atom is 0.0542 e. The van der Waals surface area contributed by atoms with Crippen molar-refractivity contribution in [1.82, 2.24) is 4.57 Å². The number of aryl methyl sites for hydroxylation is 1. The zero-order valence-electron chi connectivity index (χ0n) is 24.2. The molecule has 1 aliphatic rings. The first-order valence-electron chi connectivity index (χ1n) is 14.7. The van der Waals surface area contributed by atoms with Crippen molar-refractivity contribution in [1.29, 1.82) is 0 Å². The lowest BCUT2D eigenvalue weighted by atomic mass is 9.82. The quantitative estimate of drug-likeness (QED) is 0.216. The van der Waals surface area contributed by atoms with Crippen molar-refractivity contribution in [3.63, 3.8) is 0 Å². The highest BCUT2D eigenvalue weighted by Gasteiger charge is 2.35. The molecule has 0 spiro atoms. The Labute approximate surface area is 247 Å². The first kappa shape index (κ1) is 24.7. The molecule has 0 aliphatic heterocycles. The molecule has 2 heteroatoms. The lowest BCUT2D eigenvalue weighted by molar-refractivity contribution is 0.660. The third-order valence-electron chi connectivity index (χ3n) is 9.11. The molecule has 0 bridgehead atoms. The van der Waals surface area contributed by atoms with Gasteiger partial charge in [0.25, 0.3) is 0 Å². The van der Waals surface area contributed by atoms with Crippen LogP contribution < -0.4 is 4.90 Å². The molecule has 0 fully saturated rings. The van der Waals surface area contributed by atoms with Gasteiger partial charge in [-0.1, -0.05) is 98.8 Å². The minimum Gasteiger partial charge on any atom is -0.310 e. The summed E-state index contributed by atoms with van der Waals surface area (Å²) in [5.41, 5.74) is 13.8. The predicted molar refractivity (Wildman–Crippen MR) is 178 cm³/mol. The first-order valence-corrected chi connectivity index (χ1v) is 14.7. The SMILES string of the molecule is Cc1ccccc1N(c1ccc2c(c1)C(C)(C)c1ccccc1-2)c1ccc2c(c1)c1ccccc1n2-c1ccccc1. The van der Waals surface area contributed by atoms with Gasteiger partial charge in [-0.2, -0.15) is 0 Å². The van der Waals surface area contributed by atoms with Gasteiger partial charge in [-0.25, -0.2) is 0 Å². The van der Waals surface area contributed by atoms with E-state index in [1.807, 2.05) is 0 Å². The van der Waals surface area contributed by atoms with Crippen LogP contribution in [0, 0.1) is 6.92 Å². The van der Waals surface area contributed by atoms with Crippen molar-refractivity contribution >= 4 is 38.9 Å². The number of fused-ring (bicyclic) bond motifs is 6. The van der Waals surface area contributed by atoms with Crippen LogP contribution in [0.15, 0.2) is 140 Å². The van der Waals surface area contributed by atoms with Crippen LogP contribution in [0.5, 0.6) is 0 Å². The van der Waals surface area contributed by atoms with Gasteiger partial charge in [0.1, 0.15) is 0 Å². The van der Waals surface area contributed by atoms with Crippen LogP contribution in [-0.4, -0.2) is 4.57 Å². The highest BCUT2D eigenvalue weighted by molar-refractivity contribution is 6.10. The summed E-state index contributed by atoms with van der Waals surface area (Å²) in [6.07, 6.45) is 0.